The first-order valence-corrected chi connectivity index (χ1v) is 5.79. The summed E-state index contributed by atoms with van der Waals surface area (Å²) in [7, 11) is 0. The third-order valence-electron chi connectivity index (χ3n) is 3.33. The van der Waals surface area contributed by atoms with E-state index in [1.54, 1.807) is 0 Å². The number of hydrazine groups is 1. The Morgan fingerprint density at radius 3 is 2.76 bits per heavy atom. The average molecular weight is 241 g/mol. The number of benzene rings is 1. The number of nitrogens with two attached hydrogens (primary N) is 1. The highest BCUT2D eigenvalue weighted by Crippen LogP contribution is 2.32. The van der Waals surface area contributed by atoms with Crippen LogP contribution < -0.4 is 16.6 Å². The molecule has 0 spiro atoms. The van der Waals surface area contributed by atoms with Gasteiger partial charge in [0, 0.05) is 11.6 Å². The van der Waals surface area contributed by atoms with Gasteiger partial charge in [0.2, 0.25) is 0 Å². The third-order valence-corrected chi connectivity index (χ3v) is 3.33. The molecule has 5 heteroatoms. The first-order chi connectivity index (χ1) is 8.13. The van der Waals surface area contributed by atoms with E-state index in [1.807, 2.05) is 6.92 Å². The van der Waals surface area contributed by atoms with Gasteiger partial charge in [0.05, 0.1) is 6.04 Å². The highest BCUT2D eigenvalue weighted by molar-refractivity contribution is 5.24. The predicted octanol–water partition coefficient (Wildman–Crippen LogP) is 1.47. The number of hydrogen-bond donors (Lipinski definition) is 3. The van der Waals surface area contributed by atoms with Crippen molar-refractivity contribution in [3.63, 3.8) is 0 Å². The lowest BCUT2D eigenvalue weighted by atomic mass is 9.87. The zero-order valence-electron chi connectivity index (χ0n) is 9.71. The molecule has 0 saturated carbocycles. The van der Waals surface area contributed by atoms with Crippen LogP contribution in [0.5, 0.6) is 0 Å². The maximum Gasteiger partial charge on any atom is 0.128 e. The Labute approximate surface area is 99.4 Å². The Morgan fingerprint density at radius 2 is 2.06 bits per heavy atom. The predicted molar refractivity (Wildman–Crippen MR) is 62.0 cm³/mol. The minimum atomic E-state index is -0.422. The van der Waals surface area contributed by atoms with E-state index >= 15 is 0 Å². The number of hydrogen-bond acceptors (Lipinski definition) is 3. The molecule has 1 aromatic carbocycles. The van der Waals surface area contributed by atoms with Crippen molar-refractivity contribution in [2.24, 2.45) is 11.7 Å². The van der Waals surface area contributed by atoms with Crippen LogP contribution in [0.3, 0.4) is 0 Å². The van der Waals surface area contributed by atoms with E-state index in [4.69, 9.17) is 5.73 Å². The Kier molecular flexibility index (Phi) is 3.71. The van der Waals surface area contributed by atoms with Crippen molar-refractivity contribution in [2.45, 2.75) is 25.4 Å². The van der Waals surface area contributed by atoms with E-state index < -0.39 is 5.82 Å². The Balaban J connectivity index is 2.29. The molecule has 1 aliphatic rings. The number of halogens is 2. The highest BCUT2D eigenvalue weighted by Gasteiger charge is 2.34. The third kappa shape index (κ3) is 2.46. The van der Waals surface area contributed by atoms with Crippen molar-refractivity contribution in [1.82, 2.24) is 10.9 Å². The molecular weight excluding hydrogens is 224 g/mol. The van der Waals surface area contributed by atoms with Gasteiger partial charge in [-0.15, -0.1) is 0 Å². The second-order valence-electron chi connectivity index (χ2n) is 4.46. The maximum absolute atomic E-state index is 13.7. The molecule has 4 N–H and O–H groups in total. The molecule has 0 aromatic heterocycles. The van der Waals surface area contributed by atoms with Crippen molar-refractivity contribution in [1.29, 1.82) is 0 Å². The van der Waals surface area contributed by atoms with Crippen LogP contribution in [0.4, 0.5) is 8.78 Å². The number of nitrogens with one attached hydrogen (secondary N) is 2. The van der Waals surface area contributed by atoms with Crippen molar-refractivity contribution < 1.29 is 8.78 Å². The fourth-order valence-electron chi connectivity index (χ4n) is 2.39. The van der Waals surface area contributed by atoms with E-state index in [1.165, 1.54) is 6.07 Å². The summed E-state index contributed by atoms with van der Waals surface area (Å²) in [5.74, 6) is -0.646. The van der Waals surface area contributed by atoms with Gasteiger partial charge < -0.3 is 5.73 Å². The molecule has 1 heterocycles. The molecule has 0 aliphatic carbocycles. The summed E-state index contributed by atoms with van der Waals surface area (Å²) in [5, 5.41) is 0. The van der Waals surface area contributed by atoms with Gasteiger partial charge in [-0.3, -0.25) is 5.43 Å². The first kappa shape index (κ1) is 12.4. The highest BCUT2D eigenvalue weighted by atomic mass is 19.1. The van der Waals surface area contributed by atoms with Crippen molar-refractivity contribution in [3.8, 4) is 0 Å². The van der Waals surface area contributed by atoms with Gasteiger partial charge in [0.1, 0.15) is 11.6 Å². The standard InChI is InChI=1S/C12H17F2N3/c1-7-9(4-5-15)12(17-16-7)10-6-8(13)2-3-11(10)14/h2-3,6-7,9,12,16-17H,4-5,15H2,1H3. The molecule has 94 valence electrons. The average Bonchev–Trinajstić information content (AvgIpc) is 2.65. The monoisotopic (exact) mass is 241 g/mol. The lowest BCUT2D eigenvalue weighted by Crippen LogP contribution is -2.29. The second-order valence-corrected chi connectivity index (χ2v) is 4.46. The molecular formula is C12H17F2N3. The van der Waals surface area contributed by atoms with Gasteiger partial charge in [0.25, 0.3) is 0 Å². The molecule has 3 atom stereocenters. The van der Waals surface area contributed by atoms with Gasteiger partial charge in [0.15, 0.2) is 0 Å². The van der Waals surface area contributed by atoms with Gasteiger partial charge in [-0.25, -0.2) is 14.2 Å². The summed E-state index contributed by atoms with van der Waals surface area (Å²) in [6.45, 7) is 2.54. The van der Waals surface area contributed by atoms with Crippen LogP contribution >= 0.6 is 0 Å². The van der Waals surface area contributed by atoms with Crippen molar-refractivity contribution >= 4 is 0 Å². The van der Waals surface area contributed by atoms with Crippen LogP contribution in [0.25, 0.3) is 0 Å². The van der Waals surface area contributed by atoms with Crippen LogP contribution in [0.1, 0.15) is 24.9 Å². The zero-order valence-corrected chi connectivity index (χ0v) is 9.71. The fraction of sp³-hybridized carbons (Fsp3) is 0.500. The normalized spacial score (nSPS) is 28.6. The van der Waals surface area contributed by atoms with E-state index in [0.29, 0.717) is 12.1 Å². The molecule has 1 saturated heterocycles. The van der Waals surface area contributed by atoms with Gasteiger partial charge in [-0.1, -0.05) is 0 Å². The lowest BCUT2D eigenvalue weighted by Gasteiger charge is -2.21. The SMILES string of the molecule is CC1NNC(c2cc(F)ccc2F)C1CCN. The Morgan fingerprint density at radius 1 is 1.29 bits per heavy atom. The first-order valence-electron chi connectivity index (χ1n) is 5.79. The molecule has 0 amide bonds. The van der Waals surface area contributed by atoms with E-state index in [0.717, 1.165) is 18.6 Å². The fourth-order valence-corrected chi connectivity index (χ4v) is 2.39. The molecule has 0 radical (unpaired) electrons. The molecule has 1 aromatic rings. The van der Waals surface area contributed by atoms with Crippen LogP contribution in [0, 0.1) is 17.6 Å². The van der Waals surface area contributed by atoms with Crippen molar-refractivity contribution in [3.05, 3.63) is 35.4 Å². The summed E-state index contributed by atoms with van der Waals surface area (Å²) < 4.78 is 26.9. The lowest BCUT2D eigenvalue weighted by molar-refractivity contribution is 0.398. The van der Waals surface area contributed by atoms with Crippen LogP contribution in [-0.2, 0) is 0 Å². The summed E-state index contributed by atoms with van der Waals surface area (Å²) in [6, 6.07) is 3.49. The van der Waals surface area contributed by atoms with Crippen LogP contribution in [-0.4, -0.2) is 12.6 Å². The van der Waals surface area contributed by atoms with E-state index in [-0.39, 0.29) is 23.8 Å². The maximum atomic E-state index is 13.7. The second kappa shape index (κ2) is 5.08. The smallest absolute Gasteiger partial charge is 0.128 e. The van der Waals surface area contributed by atoms with Crippen LogP contribution in [0.2, 0.25) is 0 Å². The molecule has 1 fully saturated rings. The summed E-state index contributed by atoms with van der Waals surface area (Å²) in [6.07, 6.45) is 0.766. The Bertz CT molecular complexity index is 397. The molecule has 17 heavy (non-hydrogen) atoms. The number of rotatable bonds is 3. The minimum Gasteiger partial charge on any atom is -0.330 e. The van der Waals surface area contributed by atoms with Crippen LogP contribution in [0.15, 0.2) is 18.2 Å². The molecule has 3 unspecified atom stereocenters. The van der Waals surface area contributed by atoms with E-state index in [9.17, 15) is 8.78 Å². The van der Waals surface area contributed by atoms with Gasteiger partial charge >= 0.3 is 0 Å². The summed E-state index contributed by atoms with van der Waals surface area (Å²) in [5.41, 5.74) is 12.0. The molecule has 1 aliphatic heterocycles. The molecule has 0 bridgehead atoms. The Hall–Kier alpha value is -1.04. The van der Waals surface area contributed by atoms with Gasteiger partial charge in [-0.2, -0.15) is 0 Å². The van der Waals surface area contributed by atoms with E-state index in [2.05, 4.69) is 10.9 Å². The summed E-state index contributed by atoms with van der Waals surface area (Å²) >= 11 is 0. The summed E-state index contributed by atoms with van der Waals surface area (Å²) in [4.78, 5) is 0. The minimum absolute atomic E-state index is 0.163. The zero-order chi connectivity index (χ0) is 12.4. The quantitative estimate of drug-likeness (QED) is 0.751. The molecule has 2 rings (SSSR count). The van der Waals surface area contributed by atoms with Gasteiger partial charge in [-0.05, 0) is 44.0 Å². The largest absolute Gasteiger partial charge is 0.330 e. The molecule has 3 nitrogen and oxygen atoms in total. The topological polar surface area (TPSA) is 50.1 Å². The van der Waals surface area contributed by atoms with Crippen molar-refractivity contribution in [2.75, 3.05) is 6.54 Å².